The Balaban J connectivity index is 1.41. The number of carbonyl (C=O) groups is 1. The third-order valence-corrected chi connectivity index (χ3v) is 9.93. The molecule has 2 bridgehead atoms. The minimum atomic E-state index is -0.398. The van der Waals surface area contributed by atoms with Gasteiger partial charge in [0.2, 0.25) is 0 Å². The standard InChI is InChI=1S/C36H42N2O7/c1-36-19-24(20-37(36)2)38-29(27-17-33(43-6)34(44-7)18-28(27)36)14-23-15-31(41-4)32(42-5)16-26(23)30(38)21-45-35(39)13-10-22-8-11-25(40-3)12-9-22/h8-13,15-18,24,29-30H,14,19-21H2,1-7H3. The number of benzene rings is 3. The topological polar surface area (TPSA) is 78.9 Å². The summed E-state index contributed by atoms with van der Waals surface area (Å²) in [6.07, 6.45) is 4.92. The van der Waals surface area contributed by atoms with Crippen molar-refractivity contribution >= 4 is 12.0 Å². The average Bonchev–Trinajstić information content (AvgIpc) is 3.33. The van der Waals surface area contributed by atoms with Crippen LogP contribution >= 0.6 is 0 Å². The first-order chi connectivity index (χ1) is 21.7. The second kappa shape index (κ2) is 12.3. The summed E-state index contributed by atoms with van der Waals surface area (Å²) in [5, 5.41) is 0. The average molecular weight is 615 g/mol. The summed E-state index contributed by atoms with van der Waals surface area (Å²) in [6.45, 7) is 3.38. The van der Waals surface area contributed by atoms with Gasteiger partial charge in [0.1, 0.15) is 12.4 Å². The summed E-state index contributed by atoms with van der Waals surface area (Å²) in [6, 6.07) is 16.0. The van der Waals surface area contributed by atoms with Crippen LogP contribution in [0.5, 0.6) is 28.7 Å². The van der Waals surface area contributed by atoms with E-state index in [4.69, 9.17) is 28.4 Å². The number of carbonyl (C=O) groups excluding carboxylic acids is 1. The van der Waals surface area contributed by atoms with Crippen molar-refractivity contribution in [3.05, 3.63) is 82.4 Å². The summed E-state index contributed by atoms with van der Waals surface area (Å²) in [7, 11) is 10.5. The second-order valence-corrected chi connectivity index (χ2v) is 12.1. The molecule has 1 fully saturated rings. The molecule has 3 aromatic carbocycles. The maximum atomic E-state index is 13.1. The molecule has 0 saturated carbocycles. The van der Waals surface area contributed by atoms with Crippen molar-refractivity contribution in [2.24, 2.45) is 0 Å². The van der Waals surface area contributed by atoms with Gasteiger partial charge >= 0.3 is 5.97 Å². The Morgan fingerprint density at radius 3 is 2.13 bits per heavy atom. The zero-order valence-corrected chi connectivity index (χ0v) is 27.1. The zero-order valence-electron chi connectivity index (χ0n) is 27.1. The quantitative estimate of drug-likeness (QED) is 0.227. The van der Waals surface area contributed by atoms with E-state index in [9.17, 15) is 4.79 Å². The Kier molecular flexibility index (Phi) is 8.41. The minimum absolute atomic E-state index is 0.0180. The smallest absolute Gasteiger partial charge is 0.330 e. The lowest BCUT2D eigenvalue weighted by Gasteiger charge is -2.47. The van der Waals surface area contributed by atoms with Gasteiger partial charge in [0, 0.05) is 30.2 Å². The van der Waals surface area contributed by atoms with Crippen molar-refractivity contribution in [2.45, 2.75) is 43.4 Å². The third-order valence-electron chi connectivity index (χ3n) is 9.93. The molecule has 4 atom stereocenters. The molecular weight excluding hydrogens is 572 g/mol. The number of esters is 1. The van der Waals surface area contributed by atoms with Crippen LogP contribution in [-0.2, 0) is 21.5 Å². The molecule has 4 unspecified atom stereocenters. The molecule has 0 aromatic heterocycles. The number of hydrogen-bond acceptors (Lipinski definition) is 9. The van der Waals surface area contributed by atoms with E-state index in [1.165, 1.54) is 17.2 Å². The molecule has 9 heteroatoms. The molecule has 3 aromatic rings. The van der Waals surface area contributed by atoms with Crippen LogP contribution in [0.3, 0.4) is 0 Å². The number of nitrogens with zero attached hydrogens (tertiary/aromatic N) is 2. The Hall–Kier alpha value is -4.21. The van der Waals surface area contributed by atoms with Crippen molar-refractivity contribution in [3.8, 4) is 28.7 Å². The van der Waals surface area contributed by atoms with Crippen molar-refractivity contribution in [1.29, 1.82) is 0 Å². The van der Waals surface area contributed by atoms with Crippen LogP contribution in [0.4, 0.5) is 0 Å². The monoisotopic (exact) mass is 614 g/mol. The summed E-state index contributed by atoms with van der Waals surface area (Å²) in [4.78, 5) is 18.1. The highest BCUT2D eigenvalue weighted by Gasteiger charge is 2.53. The number of hydrogen-bond donors (Lipinski definition) is 0. The van der Waals surface area contributed by atoms with E-state index in [-0.39, 0.29) is 30.3 Å². The van der Waals surface area contributed by atoms with Crippen LogP contribution < -0.4 is 23.7 Å². The number of likely N-dealkylation sites (N-methyl/N-ethyl adjacent to an activating group) is 1. The molecule has 0 aliphatic carbocycles. The molecule has 3 heterocycles. The van der Waals surface area contributed by atoms with Gasteiger partial charge in [-0.15, -0.1) is 0 Å². The third kappa shape index (κ3) is 5.38. The maximum absolute atomic E-state index is 13.1. The van der Waals surface area contributed by atoms with Crippen molar-refractivity contribution in [3.63, 3.8) is 0 Å². The first-order valence-electron chi connectivity index (χ1n) is 15.2. The van der Waals surface area contributed by atoms with Gasteiger partial charge in [-0.2, -0.15) is 0 Å². The van der Waals surface area contributed by atoms with E-state index in [1.54, 1.807) is 41.6 Å². The summed E-state index contributed by atoms with van der Waals surface area (Å²) in [5.41, 5.74) is 5.33. The fourth-order valence-corrected chi connectivity index (χ4v) is 7.51. The van der Waals surface area contributed by atoms with Gasteiger partial charge in [-0.05, 0) is 97.1 Å². The fourth-order valence-electron chi connectivity index (χ4n) is 7.51. The van der Waals surface area contributed by atoms with Gasteiger partial charge in [-0.3, -0.25) is 9.80 Å². The lowest BCUT2D eigenvalue weighted by atomic mass is 9.80. The van der Waals surface area contributed by atoms with E-state index in [0.29, 0.717) is 17.2 Å². The SMILES string of the molecule is COc1ccc(C=CC(=O)OCC2c3cc(OC)c(OC)cc3CC3c4cc(OC)c(OC)cc4C4(C)CC(CN4C)N23)cc1. The molecular formula is C36H42N2O7. The molecule has 0 spiro atoms. The molecule has 0 N–H and O–H groups in total. The first-order valence-corrected chi connectivity index (χ1v) is 15.2. The van der Waals surface area contributed by atoms with Gasteiger partial charge in [-0.1, -0.05) is 12.1 Å². The van der Waals surface area contributed by atoms with Crippen LogP contribution in [0, 0.1) is 0 Å². The Labute approximate surface area is 265 Å². The number of ether oxygens (including phenoxy) is 6. The van der Waals surface area contributed by atoms with Gasteiger partial charge in [0.05, 0.1) is 41.6 Å². The first kappa shape index (κ1) is 30.8. The van der Waals surface area contributed by atoms with Crippen LogP contribution in [0.1, 0.15) is 53.2 Å². The zero-order chi connectivity index (χ0) is 31.9. The number of fused-ring (bicyclic) bond motifs is 8. The van der Waals surface area contributed by atoms with Crippen LogP contribution in [-0.4, -0.2) is 77.6 Å². The van der Waals surface area contributed by atoms with Gasteiger partial charge in [-0.25, -0.2) is 4.79 Å². The summed E-state index contributed by atoms with van der Waals surface area (Å²) < 4.78 is 34.3. The highest BCUT2D eigenvalue weighted by Crippen LogP contribution is 2.55. The van der Waals surface area contributed by atoms with Crippen molar-refractivity contribution in [1.82, 2.24) is 9.80 Å². The van der Waals surface area contributed by atoms with E-state index in [1.807, 2.05) is 30.3 Å². The summed E-state index contributed by atoms with van der Waals surface area (Å²) >= 11 is 0. The maximum Gasteiger partial charge on any atom is 0.330 e. The predicted octanol–water partition coefficient (Wildman–Crippen LogP) is 5.56. The van der Waals surface area contributed by atoms with Crippen LogP contribution in [0.2, 0.25) is 0 Å². The summed E-state index contributed by atoms with van der Waals surface area (Å²) in [5.74, 6) is 3.11. The van der Waals surface area contributed by atoms with Gasteiger partial charge in [0.25, 0.3) is 0 Å². The fraction of sp³-hybridized carbons (Fsp3) is 0.417. The van der Waals surface area contributed by atoms with E-state index < -0.39 is 5.97 Å². The van der Waals surface area contributed by atoms with Gasteiger partial charge < -0.3 is 28.4 Å². The number of likely N-dealkylation sites (tertiary alicyclic amines) is 1. The van der Waals surface area contributed by atoms with Crippen LogP contribution in [0.25, 0.3) is 6.08 Å². The normalized spacial score (nSPS) is 23.8. The van der Waals surface area contributed by atoms with Crippen molar-refractivity contribution < 1.29 is 33.2 Å². The molecule has 0 amide bonds. The largest absolute Gasteiger partial charge is 0.497 e. The Morgan fingerprint density at radius 2 is 1.49 bits per heavy atom. The molecule has 45 heavy (non-hydrogen) atoms. The number of rotatable bonds is 9. The molecule has 1 saturated heterocycles. The Morgan fingerprint density at radius 1 is 0.867 bits per heavy atom. The molecule has 238 valence electrons. The van der Waals surface area contributed by atoms with E-state index in [0.717, 1.165) is 47.6 Å². The molecule has 9 nitrogen and oxygen atoms in total. The predicted molar refractivity (Wildman–Crippen MR) is 171 cm³/mol. The highest BCUT2D eigenvalue weighted by molar-refractivity contribution is 5.87. The molecule has 0 radical (unpaired) electrons. The molecule has 3 aliphatic heterocycles. The minimum Gasteiger partial charge on any atom is -0.497 e. The molecule has 6 rings (SSSR count). The second-order valence-electron chi connectivity index (χ2n) is 12.1. The van der Waals surface area contributed by atoms with E-state index in [2.05, 4.69) is 42.0 Å². The van der Waals surface area contributed by atoms with Gasteiger partial charge in [0.15, 0.2) is 23.0 Å². The van der Waals surface area contributed by atoms with E-state index >= 15 is 0 Å². The lowest BCUT2D eigenvalue weighted by molar-refractivity contribution is -0.140. The van der Waals surface area contributed by atoms with Crippen LogP contribution in [0.15, 0.2) is 54.6 Å². The Bertz CT molecular complexity index is 1600. The lowest BCUT2D eigenvalue weighted by Crippen LogP contribution is -2.48. The highest BCUT2D eigenvalue weighted by atomic mass is 16.5. The number of methoxy groups -OCH3 is 5. The van der Waals surface area contributed by atoms with Crippen molar-refractivity contribution in [2.75, 3.05) is 55.7 Å². The molecule has 3 aliphatic rings.